The Morgan fingerprint density at radius 1 is 1.29 bits per heavy atom. The Kier molecular flexibility index (Phi) is 5.06. The summed E-state index contributed by atoms with van der Waals surface area (Å²) in [6, 6.07) is 5.80. The second-order valence-electron chi connectivity index (χ2n) is 6.48. The van der Waals surface area contributed by atoms with Crippen molar-refractivity contribution < 1.29 is 9.47 Å². The molecule has 0 aromatic carbocycles. The first-order valence-electron chi connectivity index (χ1n) is 8.32. The summed E-state index contributed by atoms with van der Waals surface area (Å²) in [5, 5.41) is 3.40. The maximum atomic E-state index is 5.68. The Hall–Kier alpha value is -2.05. The molecule has 0 spiro atoms. The molecule has 3 heterocycles. The van der Waals surface area contributed by atoms with Crippen molar-refractivity contribution in [1.82, 2.24) is 15.0 Å². The van der Waals surface area contributed by atoms with Gasteiger partial charge in [-0.1, -0.05) is 6.92 Å². The van der Waals surface area contributed by atoms with Crippen LogP contribution in [-0.4, -0.2) is 40.5 Å². The summed E-state index contributed by atoms with van der Waals surface area (Å²) in [5.74, 6) is 1.45. The number of nitrogens with zero attached hydrogens (tertiary/aromatic N) is 3. The molecule has 6 heteroatoms. The minimum atomic E-state index is -0.455. The first-order valence-corrected chi connectivity index (χ1v) is 8.32. The zero-order valence-corrected chi connectivity index (χ0v) is 14.5. The first-order chi connectivity index (χ1) is 11.5. The molecule has 0 bridgehead atoms. The fraction of sp³-hybridized carbons (Fsp3) is 0.500. The smallest absolute Gasteiger partial charge is 0.166 e. The number of anilines is 1. The van der Waals surface area contributed by atoms with Crippen LogP contribution < -0.4 is 5.32 Å². The van der Waals surface area contributed by atoms with Gasteiger partial charge in [0.1, 0.15) is 5.82 Å². The maximum Gasteiger partial charge on any atom is 0.166 e. The van der Waals surface area contributed by atoms with Crippen molar-refractivity contribution in [2.24, 2.45) is 5.92 Å². The fourth-order valence-corrected chi connectivity index (χ4v) is 2.94. The molecule has 0 aliphatic carbocycles. The zero-order valence-electron chi connectivity index (χ0n) is 14.5. The van der Waals surface area contributed by atoms with Gasteiger partial charge in [-0.15, -0.1) is 0 Å². The topological polar surface area (TPSA) is 69.2 Å². The number of ether oxygens (including phenoxy) is 2. The summed E-state index contributed by atoms with van der Waals surface area (Å²) in [6.07, 6.45) is 4.37. The summed E-state index contributed by atoms with van der Waals surface area (Å²) in [7, 11) is 0. The highest BCUT2D eigenvalue weighted by atomic mass is 16.7. The molecule has 3 rings (SSSR count). The number of aromatic nitrogens is 3. The average molecular weight is 328 g/mol. The Balaban J connectivity index is 1.64. The molecule has 0 saturated carbocycles. The van der Waals surface area contributed by atoms with Crippen LogP contribution in [-0.2, 0) is 9.47 Å². The molecule has 0 radical (unpaired) electrons. The van der Waals surface area contributed by atoms with Gasteiger partial charge in [-0.25, -0.2) is 9.97 Å². The van der Waals surface area contributed by atoms with Crippen molar-refractivity contribution in [1.29, 1.82) is 0 Å². The van der Waals surface area contributed by atoms with Gasteiger partial charge in [-0.3, -0.25) is 4.98 Å². The van der Waals surface area contributed by atoms with E-state index in [1.807, 2.05) is 32.0 Å². The van der Waals surface area contributed by atoms with Crippen LogP contribution in [0.2, 0.25) is 0 Å². The van der Waals surface area contributed by atoms with Gasteiger partial charge in [-0.05, 0) is 31.9 Å². The Bertz CT molecular complexity index is 672. The number of hydrogen-bond acceptors (Lipinski definition) is 6. The third-order valence-corrected chi connectivity index (χ3v) is 4.02. The second kappa shape index (κ2) is 7.23. The van der Waals surface area contributed by atoms with Gasteiger partial charge in [0, 0.05) is 42.7 Å². The number of hydrogen-bond donors (Lipinski definition) is 1. The lowest BCUT2D eigenvalue weighted by Crippen LogP contribution is -2.30. The first kappa shape index (κ1) is 16.8. The highest BCUT2D eigenvalue weighted by Crippen LogP contribution is 2.26. The lowest BCUT2D eigenvalue weighted by molar-refractivity contribution is -0.153. The van der Waals surface area contributed by atoms with Gasteiger partial charge in [0.2, 0.25) is 0 Å². The van der Waals surface area contributed by atoms with E-state index >= 15 is 0 Å². The van der Waals surface area contributed by atoms with E-state index in [9.17, 15) is 0 Å². The van der Waals surface area contributed by atoms with Gasteiger partial charge < -0.3 is 14.8 Å². The Morgan fingerprint density at radius 2 is 2.08 bits per heavy atom. The van der Waals surface area contributed by atoms with E-state index in [1.165, 1.54) is 0 Å². The zero-order chi connectivity index (χ0) is 17.0. The highest BCUT2D eigenvalue weighted by Gasteiger charge is 2.32. The molecule has 0 amide bonds. The predicted octanol–water partition coefficient (Wildman–Crippen LogP) is 3.05. The molecular formula is C18H24N4O2. The van der Waals surface area contributed by atoms with Crippen LogP contribution in [0.15, 0.2) is 30.6 Å². The van der Waals surface area contributed by atoms with Gasteiger partial charge in [-0.2, -0.15) is 0 Å². The monoisotopic (exact) mass is 328 g/mol. The fourth-order valence-electron chi connectivity index (χ4n) is 2.94. The van der Waals surface area contributed by atoms with Gasteiger partial charge in [0.25, 0.3) is 0 Å². The molecule has 2 aromatic rings. The van der Waals surface area contributed by atoms with Gasteiger partial charge in [0.05, 0.1) is 13.2 Å². The van der Waals surface area contributed by atoms with Crippen molar-refractivity contribution >= 4 is 5.82 Å². The molecule has 0 unspecified atom stereocenters. The van der Waals surface area contributed by atoms with Crippen molar-refractivity contribution in [3.05, 3.63) is 36.3 Å². The van der Waals surface area contributed by atoms with Crippen molar-refractivity contribution in [3.8, 4) is 11.4 Å². The number of pyridine rings is 1. The normalized spacial score (nSPS) is 17.6. The van der Waals surface area contributed by atoms with Crippen molar-refractivity contribution in [3.63, 3.8) is 0 Å². The van der Waals surface area contributed by atoms with Crippen LogP contribution in [0.3, 0.4) is 0 Å². The van der Waals surface area contributed by atoms with E-state index in [0.717, 1.165) is 30.0 Å². The van der Waals surface area contributed by atoms with Crippen LogP contribution >= 0.6 is 0 Å². The minimum Gasteiger partial charge on any atom is -0.370 e. The molecule has 6 nitrogen and oxygen atoms in total. The molecule has 1 aliphatic heterocycles. The average Bonchev–Trinajstić information content (AvgIpc) is 2.99. The Labute approximate surface area is 142 Å². The quantitative estimate of drug-likeness (QED) is 0.879. The predicted molar refractivity (Wildman–Crippen MR) is 92.6 cm³/mol. The van der Waals surface area contributed by atoms with Gasteiger partial charge in [0.15, 0.2) is 11.6 Å². The molecule has 1 fully saturated rings. The number of rotatable bonds is 6. The minimum absolute atomic E-state index is 0.394. The van der Waals surface area contributed by atoms with E-state index in [2.05, 4.69) is 27.2 Å². The van der Waals surface area contributed by atoms with E-state index in [4.69, 9.17) is 9.47 Å². The molecule has 2 aromatic heterocycles. The number of nitrogens with one attached hydrogen (secondary N) is 1. The largest absolute Gasteiger partial charge is 0.370 e. The molecule has 1 atom stereocenters. The van der Waals surface area contributed by atoms with Crippen molar-refractivity contribution in [2.45, 2.75) is 33.0 Å². The van der Waals surface area contributed by atoms with Gasteiger partial charge >= 0.3 is 0 Å². The van der Waals surface area contributed by atoms with Crippen LogP contribution in [0.5, 0.6) is 0 Å². The summed E-state index contributed by atoms with van der Waals surface area (Å²) in [5.41, 5.74) is 1.84. The summed E-state index contributed by atoms with van der Waals surface area (Å²) in [4.78, 5) is 13.2. The summed E-state index contributed by atoms with van der Waals surface area (Å²) >= 11 is 0. The van der Waals surface area contributed by atoms with E-state index < -0.39 is 5.79 Å². The van der Waals surface area contributed by atoms with Crippen LogP contribution in [0.4, 0.5) is 5.82 Å². The lowest BCUT2D eigenvalue weighted by atomic mass is 10.0. The third kappa shape index (κ3) is 4.27. The molecular weight excluding hydrogens is 304 g/mol. The molecule has 128 valence electrons. The van der Waals surface area contributed by atoms with E-state index in [-0.39, 0.29) is 0 Å². The lowest BCUT2D eigenvalue weighted by Gasteiger charge is -2.26. The SMILES string of the molecule is Cc1cc(NC[C@H](C)CC2(C)OCCO2)nc(-c2cccnc2)n1. The van der Waals surface area contributed by atoms with E-state index in [0.29, 0.717) is 25.0 Å². The standard InChI is InChI=1S/C18H24N4O2/c1-13(10-18(3)23-7-8-24-18)11-20-16-9-14(2)21-17(22-16)15-5-4-6-19-12-15/h4-6,9,12-13H,7-8,10-11H2,1-3H3,(H,20,21,22)/t13-/m1/s1. The third-order valence-electron chi connectivity index (χ3n) is 4.02. The molecule has 1 N–H and O–H groups in total. The molecule has 24 heavy (non-hydrogen) atoms. The van der Waals surface area contributed by atoms with E-state index in [1.54, 1.807) is 12.4 Å². The number of aryl methyl sites for hydroxylation is 1. The molecule has 1 saturated heterocycles. The maximum absolute atomic E-state index is 5.68. The second-order valence-corrected chi connectivity index (χ2v) is 6.48. The Morgan fingerprint density at radius 3 is 2.79 bits per heavy atom. The van der Waals surface area contributed by atoms with Crippen molar-refractivity contribution in [2.75, 3.05) is 25.1 Å². The van der Waals surface area contributed by atoms with Crippen LogP contribution in [0.1, 0.15) is 26.0 Å². The van der Waals surface area contributed by atoms with Crippen LogP contribution in [0, 0.1) is 12.8 Å². The highest BCUT2D eigenvalue weighted by molar-refractivity contribution is 5.56. The summed E-state index contributed by atoms with van der Waals surface area (Å²) in [6.45, 7) is 8.31. The van der Waals surface area contributed by atoms with Crippen LogP contribution in [0.25, 0.3) is 11.4 Å². The summed E-state index contributed by atoms with van der Waals surface area (Å²) < 4.78 is 11.4. The molecule has 1 aliphatic rings.